The fourth-order valence-electron chi connectivity index (χ4n) is 3.35. The standard InChI is InChI=1S/C20H24N2O3S/c1-14-5-7-15(8-6-14)16-12-22(20(24)18-4-3-11-26-18)13-17(16)19(23)21-9-10-25-2/h3-8,11,16-17H,9-10,12-13H2,1-2H3,(H,21,23)/t16-,17+/m0/s1. The molecule has 0 bridgehead atoms. The molecule has 0 radical (unpaired) electrons. The van der Waals surface area contributed by atoms with Gasteiger partial charge in [0.2, 0.25) is 5.91 Å². The van der Waals surface area contributed by atoms with E-state index in [9.17, 15) is 9.59 Å². The Morgan fingerprint density at radius 3 is 2.65 bits per heavy atom. The molecule has 5 nitrogen and oxygen atoms in total. The Kier molecular flexibility index (Phi) is 6.06. The van der Waals surface area contributed by atoms with E-state index in [4.69, 9.17) is 4.74 Å². The fourth-order valence-corrected chi connectivity index (χ4v) is 4.04. The molecule has 1 aromatic carbocycles. The van der Waals surface area contributed by atoms with Crippen LogP contribution in [0.5, 0.6) is 0 Å². The number of nitrogens with zero attached hydrogens (tertiary/aromatic N) is 1. The van der Waals surface area contributed by atoms with Gasteiger partial charge < -0.3 is 15.0 Å². The van der Waals surface area contributed by atoms with Crippen molar-refractivity contribution in [3.63, 3.8) is 0 Å². The molecule has 2 aromatic rings. The molecule has 0 aliphatic carbocycles. The number of likely N-dealkylation sites (tertiary alicyclic amines) is 1. The zero-order valence-electron chi connectivity index (χ0n) is 15.1. The molecule has 2 atom stereocenters. The first kappa shape index (κ1) is 18.6. The Balaban J connectivity index is 1.79. The topological polar surface area (TPSA) is 58.6 Å². The number of nitrogens with one attached hydrogen (secondary N) is 1. The number of hydrogen-bond donors (Lipinski definition) is 1. The van der Waals surface area contributed by atoms with Gasteiger partial charge in [-0.25, -0.2) is 0 Å². The number of thiophene rings is 1. The highest BCUT2D eigenvalue weighted by Crippen LogP contribution is 2.34. The van der Waals surface area contributed by atoms with Gasteiger partial charge in [-0.1, -0.05) is 35.9 Å². The van der Waals surface area contributed by atoms with E-state index in [0.717, 1.165) is 5.56 Å². The van der Waals surface area contributed by atoms with Gasteiger partial charge in [0.05, 0.1) is 17.4 Å². The summed E-state index contributed by atoms with van der Waals surface area (Å²) in [5, 5.41) is 4.83. The van der Waals surface area contributed by atoms with Crippen LogP contribution in [-0.2, 0) is 9.53 Å². The maximum absolute atomic E-state index is 12.8. The lowest BCUT2D eigenvalue weighted by molar-refractivity contribution is -0.125. The second-order valence-corrected chi connectivity index (χ2v) is 7.54. The third-order valence-electron chi connectivity index (χ3n) is 4.79. The highest BCUT2D eigenvalue weighted by molar-refractivity contribution is 7.12. The number of ether oxygens (including phenoxy) is 1. The average Bonchev–Trinajstić information content (AvgIpc) is 3.32. The van der Waals surface area contributed by atoms with Gasteiger partial charge in [0.1, 0.15) is 0 Å². The van der Waals surface area contributed by atoms with Gasteiger partial charge in [-0.2, -0.15) is 0 Å². The smallest absolute Gasteiger partial charge is 0.263 e. The van der Waals surface area contributed by atoms with Crippen molar-refractivity contribution < 1.29 is 14.3 Å². The third kappa shape index (κ3) is 4.14. The van der Waals surface area contributed by atoms with Gasteiger partial charge in [0, 0.05) is 32.7 Å². The quantitative estimate of drug-likeness (QED) is 0.793. The van der Waals surface area contributed by atoms with Crippen molar-refractivity contribution in [3.05, 3.63) is 57.8 Å². The number of benzene rings is 1. The molecule has 1 aromatic heterocycles. The van der Waals surface area contributed by atoms with E-state index in [1.807, 2.05) is 24.4 Å². The zero-order chi connectivity index (χ0) is 18.5. The summed E-state index contributed by atoms with van der Waals surface area (Å²) in [7, 11) is 1.61. The van der Waals surface area contributed by atoms with Gasteiger partial charge in [-0.05, 0) is 23.9 Å². The van der Waals surface area contributed by atoms with Gasteiger partial charge in [0.25, 0.3) is 5.91 Å². The number of hydrogen-bond acceptors (Lipinski definition) is 4. The molecular weight excluding hydrogens is 348 g/mol. The number of amides is 2. The molecule has 0 saturated carbocycles. The zero-order valence-corrected chi connectivity index (χ0v) is 15.9. The highest BCUT2D eigenvalue weighted by atomic mass is 32.1. The predicted molar refractivity (Wildman–Crippen MR) is 103 cm³/mol. The number of carbonyl (C=O) groups is 2. The first-order chi connectivity index (χ1) is 12.6. The van der Waals surface area contributed by atoms with Crippen molar-refractivity contribution >= 4 is 23.2 Å². The molecule has 2 amide bonds. The summed E-state index contributed by atoms with van der Waals surface area (Å²) in [6.45, 7) is 3.99. The summed E-state index contributed by atoms with van der Waals surface area (Å²) in [6.07, 6.45) is 0. The van der Waals surface area contributed by atoms with Crippen molar-refractivity contribution in [1.29, 1.82) is 0 Å². The number of aryl methyl sites for hydroxylation is 1. The van der Waals surface area contributed by atoms with Crippen molar-refractivity contribution in [2.75, 3.05) is 33.4 Å². The van der Waals surface area contributed by atoms with E-state index >= 15 is 0 Å². The molecule has 1 saturated heterocycles. The van der Waals surface area contributed by atoms with Crippen LogP contribution in [0.25, 0.3) is 0 Å². The maximum Gasteiger partial charge on any atom is 0.263 e. The maximum atomic E-state index is 12.8. The minimum atomic E-state index is -0.251. The first-order valence-electron chi connectivity index (χ1n) is 8.76. The molecule has 1 fully saturated rings. The van der Waals surface area contributed by atoms with Crippen molar-refractivity contribution in [2.45, 2.75) is 12.8 Å². The van der Waals surface area contributed by atoms with Crippen LogP contribution in [0.2, 0.25) is 0 Å². The summed E-state index contributed by atoms with van der Waals surface area (Å²) in [5.41, 5.74) is 2.28. The van der Waals surface area contributed by atoms with Crippen LogP contribution in [0.15, 0.2) is 41.8 Å². The van der Waals surface area contributed by atoms with E-state index in [-0.39, 0.29) is 23.7 Å². The molecule has 6 heteroatoms. The largest absolute Gasteiger partial charge is 0.383 e. The minimum Gasteiger partial charge on any atom is -0.383 e. The number of rotatable bonds is 6. The summed E-state index contributed by atoms with van der Waals surface area (Å²) in [5.74, 6) is -0.265. The van der Waals surface area contributed by atoms with E-state index in [1.165, 1.54) is 16.9 Å². The van der Waals surface area contributed by atoms with Crippen LogP contribution in [0.4, 0.5) is 0 Å². The summed E-state index contributed by atoms with van der Waals surface area (Å²) >= 11 is 1.44. The van der Waals surface area contributed by atoms with Crippen LogP contribution in [0, 0.1) is 12.8 Å². The minimum absolute atomic E-state index is 0.00190. The molecule has 0 spiro atoms. The Morgan fingerprint density at radius 1 is 1.23 bits per heavy atom. The van der Waals surface area contributed by atoms with Crippen LogP contribution in [-0.4, -0.2) is 50.1 Å². The summed E-state index contributed by atoms with van der Waals surface area (Å²) < 4.78 is 5.01. The molecule has 138 valence electrons. The van der Waals surface area contributed by atoms with Gasteiger partial charge in [-0.15, -0.1) is 11.3 Å². The Hall–Kier alpha value is -2.18. The molecule has 2 heterocycles. The third-order valence-corrected chi connectivity index (χ3v) is 5.64. The molecule has 1 aliphatic heterocycles. The lowest BCUT2D eigenvalue weighted by Crippen LogP contribution is -2.37. The molecule has 26 heavy (non-hydrogen) atoms. The second-order valence-electron chi connectivity index (χ2n) is 6.59. The van der Waals surface area contributed by atoms with E-state index in [1.54, 1.807) is 12.0 Å². The Bertz CT molecular complexity index is 743. The van der Waals surface area contributed by atoms with Gasteiger partial charge >= 0.3 is 0 Å². The normalized spacial score (nSPS) is 19.5. The number of methoxy groups -OCH3 is 1. The van der Waals surface area contributed by atoms with E-state index < -0.39 is 0 Å². The Morgan fingerprint density at radius 2 is 2.00 bits per heavy atom. The van der Waals surface area contributed by atoms with Crippen LogP contribution >= 0.6 is 11.3 Å². The van der Waals surface area contributed by atoms with Gasteiger partial charge in [-0.3, -0.25) is 9.59 Å². The SMILES string of the molecule is COCCNC(=O)[C@@H]1CN(C(=O)c2cccs2)C[C@H]1c1ccc(C)cc1. The fraction of sp³-hybridized carbons (Fsp3) is 0.400. The Labute approximate surface area is 158 Å². The van der Waals surface area contributed by atoms with E-state index in [0.29, 0.717) is 31.1 Å². The lowest BCUT2D eigenvalue weighted by Gasteiger charge is -2.18. The van der Waals surface area contributed by atoms with Crippen molar-refractivity contribution in [3.8, 4) is 0 Å². The summed E-state index contributed by atoms with van der Waals surface area (Å²) in [6, 6.07) is 11.9. The molecule has 0 unspecified atom stereocenters. The van der Waals surface area contributed by atoms with Crippen molar-refractivity contribution in [2.24, 2.45) is 5.92 Å². The molecule has 1 aliphatic rings. The lowest BCUT2D eigenvalue weighted by atomic mass is 9.88. The molecule has 1 N–H and O–H groups in total. The van der Waals surface area contributed by atoms with Crippen LogP contribution in [0.3, 0.4) is 0 Å². The molecule has 3 rings (SSSR count). The van der Waals surface area contributed by atoms with Crippen molar-refractivity contribution in [1.82, 2.24) is 10.2 Å². The first-order valence-corrected chi connectivity index (χ1v) is 9.64. The highest BCUT2D eigenvalue weighted by Gasteiger charge is 2.40. The van der Waals surface area contributed by atoms with Crippen LogP contribution < -0.4 is 5.32 Å². The average molecular weight is 372 g/mol. The van der Waals surface area contributed by atoms with E-state index in [2.05, 4.69) is 29.6 Å². The van der Waals surface area contributed by atoms with Gasteiger partial charge in [0.15, 0.2) is 0 Å². The predicted octanol–water partition coefficient (Wildman–Crippen LogP) is 2.67. The van der Waals surface area contributed by atoms with Crippen LogP contribution in [0.1, 0.15) is 26.7 Å². The number of carbonyl (C=O) groups excluding carboxylic acids is 2. The second kappa shape index (κ2) is 8.47. The monoisotopic (exact) mass is 372 g/mol. The summed E-state index contributed by atoms with van der Waals surface area (Å²) in [4.78, 5) is 28.0. The molecular formula is C20H24N2O3S.